The van der Waals surface area contributed by atoms with Crippen LogP contribution in [0.2, 0.25) is 0 Å². The van der Waals surface area contributed by atoms with Crippen LogP contribution in [0.15, 0.2) is 91.6 Å². The van der Waals surface area contributed by atoms with Crippen molar-refractivity contribution in [3.05, 3.63) is 114 Å². The lowest BCUT2D eigenvalue weighted by Gasteiger charge is -2.55. The summed E-state index contributed by atoms with van der Waals surface area (Å²) in [5.74, 6) is -0.398. The predicted octanol–water partition coefficient (Wildman–Crippen LogP) is 3.08. The summed E-state index contributed by atoms with van der Waals surface area (Å²) in [4.78, 5) is 67.6. The summed E-state index contributed by atoms with van der Waals surface area (Å²) in [6.07, 6.45) is 2.94. The lowest BCUT2D eigenvalue weighted by Crippen LogP contribution is -2.76. The highest BCUT2D eigenvalue weighted by Gasteiger charge is 2.51. The van der Waals surface area contributed by atoms with Crippen LogP contribution >= 0.6 is 0 Å². The molecule has 14 nitrogen and oxygen atoms in total. The van der Waals surface area contributed by atoms with Crippen LogP contribution in [-0.2, 0) is 36.1 Å². The van der Waals surface area contributed by atoms with Gasteiger partial charge in [0.1, 0.15) is 18.0 Å². The first kappa shape index (κ1) is 39.1. The summed E-state index contributed by atoms with van der Waals surface area (Å²) in [7, 11) is 1.93. The monoisotopic (exact) mass is 787 g/mol. The van der Waals surface area contributed by atoms with Crippen LogP contribution in [0, 0.1) is 0 Å². The molecule has 4 aliphatic heterocycles. The van der Waals surface area contributed by atoms with Crippen LogP contribution < -0.4 is 5.32 Å². The number of urea groups is 1. The van der Waals surface area contributed by atoms with Gasteiger partial charge in [0.05, 0.1) is 24.2 Å². The van der Waals surface area contributed by atoms with E-state index in [-0.39, 0.29) is 62.6 Å². The maximum Gasteiger partial charge on any atom is 0.334 e. The van der Waals surface area contributed by atoms with E-state index < -0.39 is 18.2 Å². The Labute approximate surface area is 339 Å². The minimum atomic E-state index is -0.919. The molecule has 0 saturated carbocycles. The van der Waals surface area contributed by atoms with E-state index in [4.69, 9.17) is 0 Å². The smallest absolute Gasteiger partial charge is 0.334 e. The van der Waals surface area contributed by atoms with Crippen LogP contribution in [0.5, 0.6) is 5.75 Å². The number of benzene rings is 3. The number of nitrogens with one attached hydrogen (secondary N) is 1. The second-order valence-electron chi connectivity index (χ2n) is 15.8. The van der Waals surface area contributed by atoms with Crippen molar-refractivity contribution in [1.29, 1.82) is 0 Å². The zero-order valence-corrected chi connectivity index (χ0v) is 33.4. The maximum atomic E-state index is 14.8. The highest BCUT2D eigenvalue weighted by Crippen LogP contribution is 2.32. The third-order valence-corrected chi connectivity index (χ3v) is 12.2. The van der Waals surface area contributed by atoms with Crippen LogP contribution in [0.3, 0.4) is 0 Å². The number of nitrogens with zero attached hydrogens (tertiary/aromatic N) is 8. The van der Waals surface area contributed by atoms with E-state index in [1.165, 1.54) is 0 Å². The third kappa shape index (κ3) is 7.66. The lowest BCUT2D eigenvalue weighted by molar-refractivity contribution is -0.189. The van der Waals surface area contributed by atoms with Crippen molar-refractivity contribution in [2.75, 3.05) is 65.4 Å². The Kier molecular flexibility index (Phi) is 11.2. The van der Waals surface area contributed by atoms with Gasteiger partial charge in [-0.3, -0.25) is 19.3 Å². The number of aromatic nitrogens is 1. The number of hydrogen-bond donors (Lipinski definition) is 2. The van der Waals surface area contributed by atoms with E-state index >= 15 is 0 Å². The summed E-state index contributed by atoms with van der Waals surface area (Å²) >= 11 is 0. The molecule has 0 bridgehead atoms. The molecule has 3 atom stereocenters. The fraction of sp³-hybridized carbons (Fsp3) is 0.409. The molecule has 8 rings (SSSR count). The highest BCUT2D eigenvalue weighted by atomic mass is 16.3. The van der Waals surface area contributed by atoms with E-state index in [0.717, 1.165) is 60.3 Å². The molecule has 3 aromatic carbocycles. The van der Waals surface area contributed by atoms with Crippen LogP contribution in [0.25, 0.3) is 10.9 Å². The number of piperazine rings is 3. The quantitative estimate of drug-likeness (QED) is 0.235. The van der Waals surface area contributed by atoms with Gasteiger partial charge >= 0.3 is 6.03 Å². The zero-order valence-electron chi connectivity index (χ0n) is 33.4. The Bertz CT molecular complexity index is 2170. The molecule has 4 fully saturated rings. The van der Waals surface area contributed by atoms with Crippen molar-refractivity contribution in [2.45, 2.75) is 44.7 Å². The number of amides is 5. The van der Waals surface area contributed by atoms with Crippen molar-refractivity contribution < 1.29 is 24.3 Å². The summed E-state index contributed by atoms with van der Waals surface area (Å²) in [6.45, 7) is 13.0. The number of aryl methyl sites for hydroxylation is 1. The number of fused-ring (bicyclic) bond motifs is 3. The molecule has 0 aliphatic carbocycles. The molecule has 14 heteroatoms. The average Bonchev–Trinajstić information content (AvgIpc) is 3.58. The molecule has 2 N–H and O–H groups in total. The summed E-state index contributed by atoms with van der Waals surface area (Å²) < 4.78 is 1.97. The molecule has 0 spiro atoms. The molecule has 0 radical (unpaired) electrons. The van der Waals surface area contributed by atoms with Crippen molar-refractivity contribution in [2.24, 2.45) is 7.05 Å². The number of likely N-dealkylation sites (N-methyl/N-ethyl adjacent to an activating group) is 1. The number of hydrazine groups is 1. The lowest BCUT2D eigenvalue weighted by atomic mass is 9.98. The van der Waals surface area contributed by atoms with Gasteiger partial charge in [0, 0.05) is 90.0 Å². The predicted molar refractivity (Wildman–Crippen MR) is 220 cm³/mol. The first-order valence-corrected chi connectivity index (χ1v) is 20.3. The second-order valence-corrected chi connectivity index (χ2v) is 15.8. The standard InChI is InChI=1S/C44H53N9O5/c1-4-18-51-30-40(55)52-38(23-31-14-16-35(54)17-15-31)43(57)50(29-39(52)53(51)44(58)45-24-32-10-7-6-8-11-32)25-33-12-9-13-36-37(28-46(3)41(33)36)42(56)49-22-21-48-20-19-47(5-2)26-34(48)27-49/h4,6-17,28,34,38-39,54H,1,5,18-27,29-30H2,2-3H3,(H,45,58)/t34?,38?,39-/m0/s1. The van der Waals surface area contributed by atoms with Gasteiger partial charge in [0.15, 0.2) is 0 Å². The molecule has 5 heterocycles. The fourth-order valence-corrected chi connectivity index (χ4v) is 9.27. The normalized spacial score (nSPS) is 21.9. The van der Waals surface area contributed by atoms with Crippen molar-refractivity contribution in [1.82, 2.24) is 44.4 Å². The SMILES string of the molecule is C=CCN1CC(=O)N2C(Cc3ccc(O)cc3)C(=O)N(Cc3cccc4c(C(=O)N5CCN6CCN(CC)CC6C5)cn(C)c34)C[C@@H]2N1C(=O)NCc1ccccc1. The molecule has 2 unspecified atom stereocenters. The van der Waals surface area contributed by atoms with E-state index in [1.807, 2.05) is 71.2 Å². The van der Waals surface area contributed by atoms with Crippen molar-refractivity contribution in [3.8, 4) is 5.75 Å². The van der Waals surface area contributed by atoms with Crippen LogP contribution in [0.1, 0.15) is 34.0 Å². The summed E-state index contributed by atoms with van der Waals surface area (Å²) in [5.41, 5.74) is 4.04. The first-order chi connectivity index (χ1) is 28.1. The molecule has 4 saturated heterocycles. The Morgan fingerprint density at radius 1 is 0.914 bits per heavy atom. The number of hydrogen-bond acceptors (Lipinski definition) is 8. The minimum Gasteiger partial charge on any atom is -0.508 e. The largest absolute Gasteiger partial charge is 0.508 e. The number of carbonyl (C=O) groups is 4. The van der Waals surface area contributed by atoms with Gasteiger partial charge < -0.3 is 34.6 Å². The summed E-state index contributed by atoms with van der Waals surface area (Å²) in [5, 5.41) is 17.1. The number of phenols is 1. The number of para-hydroxylation sites is 1. The Balaban J connectivity index is 1.11. The molecule has 4 aromatic rings. The molecule has 4 aliphatic rings. The van der Waals surface area contributed by atoms with Crippen LogP contribution in [-0.4, -0.2) is 152 Å². The minimum absolute atomic E-state index is 0.00913. The number of carbonyl (C=O) groups excluding carboxylic acids is 4. The maximum absolute atomic E-state index is 14.8. The third-order valence-electron chi connectivity index (χ3n) is 12.2. The van der Waals surface area contributed by atoms with Gasteiger partial charge in [-0.05, 0) is 35.4 Å². The number of rotatable bonds is 10. The molecule has 58 heavy (non-hydrogen) atoms. The Morgan fingerprint density at radius 3 is 2.45 bits per heavy atom. The topological polar surface area (TPSA) is 128 Å². The van der Waals surface area contributed by atoms with Gasteiger partial charge in [-0.15, -0.1) is 6.58 Å². The van der Waals surface area contributed by atoms with Crippen LogP contribution in [0.4, 0.5) is 4.79 Å². The second kappa shape index (κ2) is 16.6. The summed E-state index contributed by atoms with van der Waals surface area (Å²) in [6, 6.07) is 21.1. The first-order valence-electron chi connectivity index (χ1n) is 20.3. The molecular formula is C44H53N9O5. The highest BCUT2D eigenvalue weighted by molar-refractivity contribution is 6.07. The zero-order chi connectivity index (χ0) is 40.5. The fourth-order valence-electron chi connectivity index (χ4n) is 9.27. The number of phenolic OH excluding ortho intramolecular Hbond substituents is 1. The van der Waals surface area contributed by atoms with E-state index in [0.29, 0.717) is 24.7 Å². The molecule has 5 amide bonds. The van der Waals surface area contributed by atoms with E-state index in [1.54, 1.807) is 50.2 Å². The van der Waals surface area contributed by atoms with E-state index in [2.05, 4.69) is 28.6 Å². The molecule has 304 valence electrons. The molecular weight excluding hydrogens is 735 g/mol. The van der Waals surface area contributed by atoms with Gasteiger partial charge in [-0.1, -0.05) is 73.7 Å². The van der Waals surface area contributed by atoms with Gasteiger partial charge in [-0.25, -0.2) is 14.8 Å². The average molecular weight is 788 g/mol. The van der Waals surface area contributed by atoms with Gasteiger partial charge in [-0.2, -0.15) is 0 Å². The number of aromatic hydroxyl groups is 1. The van der Waals surface area contributed by atoms with Gasteiger partial charge in [0.25, 0.3) is 5.91 Å². The molecule has 1 aromatic heterocycles. The Morgan fingerprint density at radius 2 is 1.69 bits per heavy atom. The van der Waals surface area contributed by atoms with Crippen molar-refractivity contribution >= 4 is 34.7 Å². The van der Waals surface area contributed by atoms with Crippen molar-refractivity contribution in [3.63, 3.8) is 0 Å². The van der Waals surface area contributed by atoms with E-state index in [9.17, 15) is 24.3 Å². The van der Waals surface area contributed by atoms with Gasteiger partial charge in [0.2, 0.25) is 11.8 Å². The Hall–Kier alpha value is -5.70.